The molecule has 1 aromatic heterocycles. The van der Waals surface area contributed by atoms with Gasteiger partial charge in [0.2, 0.25) is 0 Å². The number of carbonyl (C=O) groups is 1. The Balaban J connectivity index is 2.00. The quantitative estimate of drug-likeness (QED) is 0.554. The van der Waals surface area contributed by atoms with Crippen molar-refractivity contribution in [2.24, 2.45) is 11.1 Å². The van der Waals surface area contributed by atoms with E-state index in [2.05, 4.69) is 35.8 Å². The van der Waals surface area contributed by atoms with E-state index in [9.17, 15) is 10.1 Å². The molecular formula is C22H19BrClN3OS. The topological polar surface area (TPSA) is 70.1 Å². The molecule has 2 heterocycles. The largest absolute Gasteiger partial charge is 0.384 e. The molecule has 0 bridgehead atoms. The number of hydrogen-bond acceptors (Lipinski definition) is 5. The van der Waals surface area contributed by atoms with Gasteiger partial charge < -0.3 is 5.73 Å². The summed E-state index contributed by atoms with van der Waals surface area (Å²) < 4.78 is 0.927. The Morgan fingerprint density at radius 1 is 1.34 bits per heavy atom. The van der Waals surface area contributed by atoms with Crippen molar-refractivity contribution in [1.29, 1.82) is 5.26 Å². The van der Waals surface area contributed by atoms with E-state index < -0.39 is 5.92 Å². The maximum atomic E-state index is 13.4. The van der Waals surface area contributed by atoms with Crippen LogP contribution < -0.4 is 10.6 Å². The van der Waals surface area contributed by atoms with E-state index in [1.54, 1.807) is 6.07 Å². The van der Waals surface area contributed by atoms with Crippen LogP contribution in [0.15, 0.2) is 62.8 Å². The van der Waals surface area contributed by atoms with Crippen molar-refractivity contribution in [1.82, 2.24) is 0 Å². The smallest absolute Gasteiger partial charge is 0.162 e. The molecule has 0 spiro atoms. The third-order valence-electron chi connectivity index (χ3n) is 5.32. The number of nitrogens with zero attached hydrogens (tertiary/aromatic N) is 2. The fourth-order valence-electron chi connectivity index (χ4n) is 4.18. The summed E-state index contributed by atoms with van der Waals surface area (Å²) in [4.78, 5) is 16.1. The second-order valence-electron chi connectivity index (χ2n) is 8.13. The van der Waals surface area contributed by atoms with Crippen molar-refractivity contribution in [2.45, 2.75) is 32.6 Å². The van der Waals surface area contributed by atoms with Gasteiger partial charge in [-0.15, -0.1) is 11.3 Å². The van der Waals surface area contributed by atoms with Crippen molar-refractivity contribution in [3.8, 4) is 6.07 Å². The minimum absolute atomic E-state index is 0.0676. The summed E-state index contributed by atoms with van der Waals surface area (Å²) in [5.74, 6) is -0.0167. The Bertz CT molecular complexity index is 1130. The summed E-state index contributed by atoms with van der Waals surface area (Å²) in [6.45, 7) is 4.17. The Hall–Kier alpha value is -2.07. The highest BCUT2D eigenvalue weighted by molar-refractivity contribution is 9.10. The van der Waals surface area contributed by atoms with Gasteiger partial charge >= 0.3 is 0 Å². The molecule has 0 saturated carbocycles. The molecule has 29 heavy (non-hydrogen) atoms. The number of ketones is 1. The van der Waals surface area contributed by atoms with E-state index in [-0.39, 0.29) is 11.2 Å². The highest BCUT2D eigenvalue weighted by Gasteiger charge is 2.45. The number of nitriles is 1. The van der Waals surface area contributed by atoms with Gasteiger partial charge in [-0.3, -0.25) is 9.69 Å². The van der Waals surface area contributed by atoms with Crippen molar-refractivity contribution in [3.05, 3.63) is 72.7 Å². The number of carbonyl (C=O) groups excluding carboxylic acids is 1. The summed E-state index contributed by atoms with van der Waals surface area (Å²) >= 11 is 11.2. The predicted molar refractivity (Wildman–Crippen MR) is 121 cm³/mol. The zero-order valence-electron chi connectivity index (χ0n) is 16.0. The van der Waals surface area contributed by atoms with Crippen LogP contribution in [-0.2, 0) is 4.79 Å². The molecule has 2 N–H and O–H groups in total. The first kappa shape index (κ1) is 20.2. The monoisotopic (exact) mass is 487 g/mol. The average molecular weight is 489 g/mol. The average Bonchev–Trinajstić information content (AvgIpc) is 3.05. The molecule has 7 heteroatoms. The molecule has 1 aliphatic heterocycles. The van der Waals surface area contributed by atoms with Gasteiger partial charge in [0.25, 0.3) is 0 Å². The van der Waals surface area contributed by atoms with E-state index in [4.69, 9.17) is 17.3 Å². The van der Waals surface area contributed by atoms with Crippen LogP contribution in [0.1, 0.15) is 37.5 Å². The SMILES string of the molecule is CC1(C)CC(=O)C2=C(C1)N(c1cccc(Cl)c1)C(N)=C(C#N)C2c1cc(Br)cs1. The highest BCUT2D eigenvalue weighted by atomic mass is 79.9. The number of Topliss-reactive ketones (excluding diaryl/α,β-unsaturated/α-hetero) is 1. The van der Waals surface area contributed by atoms with E-state index in [0.717, 1.165) is 20.7 Å². The number of benzene rings is 1. The number of nitrogens with two attached hydrogens (primary N) is 1. The van der Waals surface area contributed by atoms with Crippen LogP contribution >= 0.6 is 38.9 Å². The first-order valence-electron chi connectivity index (χ1n) is 9.17. The van der Waals surface area contributed by atoms with Gasteiger partial charge in [0.15, 0.2) is 5.78 Å². The minimum atomic E-state index is -0.440. The molecule has 148 valence electrons. The summed E-state index contributed by atoms with van der Waals surface area (Å²) in [6.07, 6.45) is 1.12. The highest BCUT2D eigenvalue weighted by Crippen LogP contribution is 2.51. The molecule has 0 amide bonds. The van der Waals surface area contributed by atoms with E-state index in [0.29, 0.717) is 34.8 Å². The van der Waals surface area contributed by atoms with Gasteiger partial charge in [-0.1, -0.05) is 31.5 Å². The maximum absolute atomic E-state index is 13.4. The van der Waals surface area contributed by atoms with Crippen LogP contribution in [0.25, 0.3) is 0 Å². The van der Waals surface area contributed by atoms with Crippen LogP contribution in [0.2, 0.25) is 5.02 Å². The zero-order valence-corrected chi connectivity index (χ0v) is 19.2. The fourth-order valence-corrected chi connectivity index (χ4v) is 5.93. The zero-order chi connectivity index (χ0) is 20.9. The molecule has 1 unspecified atom stereocenters. The first-order chi connectivity index (χ1) is 13.7. The molecule has 1 aliphatic carbocycles. The number of allylic oxidation sites excluding steroid dienone is 3. The lowest BCUT2D eigenvalue weighted by Crippen LogP contribution is -2.42. The number of halogens is 2. The first-order valence-corrected chi connectivity index (χ1v) is 11.2. The van der Waals surface area contributed by atoms with Gasteiger partial charge in [-0.05, 0) is 52.0 Å². The molecule has 4 nitrogen and oxygen atoms in total. The van der Waals surface area contributed by atoms with Crippen LogP contribution in [0.4, 0.5) is 5.69 Å². The van der Waals surface area contributed by atoms with Gasteiger partial charge in [0.05, 0.1) is 17.6 Å². The van der Waals surface area contributed by atoms with E-state index in [1.807, 2.05) is 34.5 Å². The lowest BCUT2D eigenvalue weighted by atomic mass is 9.69. The lowest BCUT2D eigenvalue weighted by Gasteiger charge is -2.43. The second kappa shape index (κ2) is 7.32. The maximum Gasteiger partial charge on any atom is 0.162 e. The molecule has 2 aliphatic rings. The molecule has 2 aromatic rings. The van der Waals surface area contributed by atoms with Crippen LogP contribution in [-0.4, -0.2) is 5.78 Å². The molecule has 1 atom stereocenters. The number of anilines is 1. The summed E-state index contributed by atoms with van der Waals surface area (Å²) in [5, 5.41) is 12.5. The van der Waals surface area contributed by atoms with Crippen molar-refractivity contribution in [2.75, 3.05) is 4.90 Å². The molecule has 0 saturated heterocycles. The normalized spacial score (nSPS) is 21.3. The van der Waals surface area contributed by atoms with Gasteiger partial charge in [0.1, 0.15) is 5.82 Å². The molecule has 0 radical (unpaired) electrons. The third-order valence-corrected chi connectivity index (χ3v) is 7.31. The number of rotatable bonds is 2. The summed E-state index contributed by atoms with van der Waals surface area (Å²) in [6, 6.07) is 11.6. The Morgan fingerprint density at radius 2 is 2.10 bits per heavy atom. The third kappa shape index (κ3) is 3.52. The van der Waals surface area contributed by atoms with Crippen LogP contribution in [0, 0.1) is 16.7 Å². The van der Waals surface area contributed by atoms with Crippen molar-refractivity contribution < 1.29 is 4.79 Å². The van der Waals surface area contributed by atoms with Gasteiger partial charge in [-0.25, -0.2) is 0 Å². The standard InChI is InChI=1S/C22H19BrClN3OS/c1-22(2)8-16-20(17(28)9-22)19(18-6-12(23)11-29-18)15(10-25)21(26)27(16)14-5-3-4-13(24)7-14/h3-7,11,19H,8-9,26H2,1-2H3. The predicted octanol–water partition coefficient (Wildman–Crippen LogP) is 6.10. The minimum Gasteiger partial charge on any atom is -0.384 e. The number of thiophene rings is 1. The Labute approximate surface area is 187 Å². The van der Waals surface area contributed by atoms with Crippen LogP contribution in [0.5, 0.6) is 0 Å². The molecule has 0 fully saturated rings. The van der Waals surface area contributed by atoms with Crippen molar-refractivity contribution in [3.63, 3.8) is 0 Å². The molecule has 1 aromatic carbocycles. The van der Waals surface area contributed by atoms with Gasteiger partial charge in [-0.2, -0.15) is 5.26 Å². The Morgan fingerprint density at radius 3 is 2.72 bits per heavy atom. The Kier molecular flexibility index (Phi) is 5.10. The number of hydrogen-bond donors (Lipinski definition) is 1. The van der Waals surface area contributed by atoms with E-state index in [1.165, 1.54) is 11.3 Å². The second-order valence-corrected chi connectivity index (χ2v) is 10.4. The summed E-state index contributed by atoms with van der Waals surface area (Å²) in [5.41, 5.74) is 9.06. The molecular weight excluding hydrogens is 470 g/mol. The fraction of sp³-hybridized carbons (Fsp3) is 0.273. The molecule has 4 rings (SSSR count). The lowest BCUT2D eigenvalue weighted by molar-refractivity contribution is -0.118. The van der Waals surface area contributed by atoms with Crippen molar-refractivity contribution >= 4 is 50.3 Å². The van der Waals surface area contributed by atoms with Crippen LogP contribution in [0.3, 0.4) is 0 Å². The van der Waals surface area contributed by atoms with Gasteiger partial charge in [0, 0.05) is 43.1 Å². The summed E-state index contributed by atoms with van der Waals surface area (Å²) in [7, 11) is 0. The van der Waals surface area contributed by atoms with E-state index >= 15 is 0 Å².